The quantitative estimate of drug-likeness (QED) is 0.809. The van der Waals surface area contributed by atoms with E-state index in [4.69, 9.17) is 21.6 Å². The summed E-state index contributed by atoms with van der Waals surface area (Å²) in [5.41, 5.74) is 1.35. The van der Waals surface area contributed by atoms with Gasteiger partial charge in [0.2, 0.25) is 0 Å². The van der Waals surface area contributed by atoms with Crippen LogP contribution in [-0.2, 0) is 0 Å². The number of pyridine rings is 1. The molecule has 0 amide bonds. The Bertz CT molecular complexity index is 573. The molecule has 2 rings (SSSR count). The summed E-state index contributed by atoms with van der Waals surface area (Å²) < 4.78 is 5.57. The highest BCUT2D eigenvalue weighted by Crippen LogP contribution is 2.27. The average molecular weight is 245 g/mol. The third-order valence-corrected chi connectivity index (χ3v) is 2.41. The van der Waals surface area contributed by atoms with Crippen LogP contribution in [0.2, 0.25) is 5.02 Å². The van der Waals surface area contributed by atoms with Gasteiger partial charge in [0, 0.05) is 16.8 Å². The molecular weight excluding hydrogens is 236 g/mol. The summed E-state index contributed by atoms with van der Waals surface area (Å²) in [6, 6.07) is 10.6. The Hall–Kier alpha value is -2.05. The van der Waals surface area contributed by atoms with E-state index in [1.807, 2.05) is 13.0 Å². The number of hydrogen-bond acceptors (Lipinski definition) is 3. The van der Waals surface area contributed by atoms with Crippen molar-refractivity contribution in [2.45, 2.75) is 6.92 Å². The number of hydrogen-bond donors (Lipinski definition) is 0. The van der Waals surface area contributed by atoms with Crippen molar-refractivity contribution in [3.63, 3.8) is 0 Å². The Morgan fingerprint density at radius 1 is 1.29 bits per heavy atom. The molecule has 1 aromatic heterocycles. The van der Waals surface area contributed by atoms with Gasteiger partial charge in [-0.3, -0.25) is 4.98 Å². The van der Waals surface area contributed by atoms with Crippen LogP contribution in [0.3, 0.4) is 0 Å². The molecule has 1 aromatic carbocycles. The van der Waals surface area contributed by atoms with Gasteiger partial charge < -0.3 is 4.74 Å². The zero-order valence-corrected chi connectivity index (χ0v) is 9.90. The number of aryl methyl sites for hydroxylation is 1. The number of rotatable bonds is 2. The maximum atomic E-state index is 8.94. The summed E-state index contributed by atoms with van der Waals surface area (Å²) in [5.74, 6) is 1.01. The van der Waals surface area contributed by atoms with E-state index in [2.05, 4.69) is 11.1 Å². The average Bonchev–Trinajstić information content (AvgIpc) is 2.32. The number of benzene rings is 1. The predicted molar refractivity (Wildman–Crippen MR) is 65.2 cm³/mol. The van der Waals surface area contributed by atoms with Crippen molar-refractivity contribution in [2.75, 3.05) is 0 Å². The van der Waals surface area contributed by atoms with Crippen molar-refractivity contribution in [1.82, 2.24) is 4.98 Å². The molecule has 0 fully saturated rings. The maximum Gasteiger partial charge on any atom is 0.146 e. The lowest BCUT2D eigenvalue weighted by Crippen LogP contribution is -1.89. The normalized spacial score (nSPS) is 9.71. The minimum atomic E-state index is 0.436. The molecule has 0 spiro atoms. The molecule has 0 saturated heterocycles. The van der Waals surface area contributed by atoms with E-state index < -0.39 is 0 Å². The molecule has 0 aliphatic heterocycles. The maximum absolute atomic E-state index is 8.94. The third-order valence-electron chi connectivity index (χ3n) is 2.18. The summed E-state index contributed by atoms with van der Waals surface area (Å²) in [6.07, 6.45) is 1.61. The smallest absolute Gasteiger partial charge is 0.146 e. The first-order valence-electron chi connectivity index (χ1n) is 4.99. The Labute approximate surface area is 104 Å². The van der Waals surface area contributed by atoms with Crippen LogP contribution in [0.25, 0.3) is 0 Å². The van der Waals surface area contributed by atoms with Crippen LogP contribution in [0.5, 0.6) is 11.5 Å². The lowest BCUT2D eigenvalue weighted by molar-refractivity contribution is 0.478. The molecule has 17 heavy (non-hydrogen) atoms. The van der Waals surface area contributed by atoms with E-state index in [9.17, 15) is 0 Å². The monoisotopic (exact) mass is 244 g/mol. The van der Waals surface area contributed by atoms with Gasteiger partial charge in [-0.2, -0.15) is 5.26 Å². The van der Waals surface area contributed by atoms with E-state index >= 15 is 0 Å². The summed E-state index contributed by atoms with van der Waals surface area (Å²) >= 11 is 5.86. The second-order valence-electron chi connectivity index (χ2n) is 3.49. The standard InChI is InChI=1S/C13H9ClN2O/c1-9-2-5-12(8-16-9)17-13-6-11(14)4-3-10(13)7-15/h2-6,8H,1H3. The highest BCUT2D eigenvalue weighted by molar-refractivity contribution is 6.30. The van der Waals surface area contributed by atoms with E-state index in [1.165, 1.54) is 0 Å². The van der Waals surface area contributed by atoms with Gasteiger partial charge in [-0.25, -0.2) is 0 Å². The van der Waals surface area contributed by atoms with E-state index in [0.29, 0.717) is 22.1 Å². The number of halogens is 1. The topological polar surface area (TPSA) is 45.9 Å². The molecule has 0 N–H and O–H groups in total. The molecule has 2 aromatic rings. The fourth-order valence-corrected chi connectivity index (χ4v) is 1.48. The minimum absolute atomic E-state index is 0.436. The van der Waals surface area contributed by atoms with Gasteiger partial charge in [0.15, 0.2) is 0 Å². The van der Waals surface area contributed by atoms with Gasteiger partial charge in [-0.15, -0.1) is 0 Å². The minimum Gasteiger partial charge on any atom is -0.454 e. The molecule has 0 aliphatic rings. The second kappa shape index (κ2) is 4.86. The number of nitrogens with zero attached hydrogens (tertiary/aromatic N) is 2. The first-order chi connectivity index (χ1) is 8.19. The summed E-state index contributed by atoms with van der Waals surface area (Å²) in [4.78, 5) is 4.11. The van der Waals surface area contributed by atoms with Gasteiger partial charge in [0.25, 0.3) is 0 Å². The lowest BCUT2D eigenvalue weighted by atomic mass is 10.2. The lowest BCUT2D eigenvalue weighted by Gasteiger charge is -2.07. The van der Waals surface area contributed by atoms with Crippen LogP contribution in [0.15, 0.2) is 36.5 Å². The van der Waals surface area contributed by atoms with Crippen molar-refractivity contribution in [2.24, 2.45) is 0 Å². The highest BCUT2D eigenvalue weighted by Gasteiger charge is 2.05. The second-order valence-corrected chi connectivity index (χ2v) is 3.93. The van der Waals surface area contributed by atoms with Crippen LogP contribution in [0.1, 0.15) is 11.3 Å². The highest BCUT2D eigenvalue weighted by atomic mass is 35.5. The van der Waals surface area contributed by atoms with Gasteiger partial charge >= 0.3 is 0 Å². The van der Waals surface area contributed by atoms with Gasteiger partial charge in [0.05, 0.1) is 11.8 Å². The molecule has 4 heteroatoms. The first kappa shape index (κ1) is 11.4. The molecule has 0 radical (unpaired) electrons. The molecule has 0 saturated carbocycles. The Balaban J connectivity index is 2.32. The van der Waals surface area contributed by atoms with Crippen LogP contribution in [0.4, 0.5) is 0 Å². The van der Waals surface area contributed by atoms with Crippen LogP contribution < -0.4 is 4.74 Å². The van der Waals surface area contributed by atoms with Crippen LogP contribution in [-0.4, -0.2) is 4.98 Å². The van der Waals surface area contributed by atoms with Crippen LogP contribution in [0, 0.1) is 18.3 Å². The Kier molecular flexibility index (Phi) is 3.27. The van der Waals surface area contributed by atoms with E-state index in [-0.39, 0.29) is 0 Å². The molecule has 0 atom stereocenters. The molecule has 0 unspecified atom stereocenters. The largest absolute Gasteiger partial charge is 0.454 e. The third kappa shape index (κ3) is 2.74. The number of ether oxygens (including phenoxy) is 1. The van der Waals surface area contributed by atoms with Crippen molar-refractivity contribution >= 4 is 11.6 Å². The zero-order valence-electron chi connectivity index (χ0n) is 9.14. The van der Waals surface area contributed by atoms with Gasteiger partial charge in [-0.05, 0) is 31.2 Å². The number of aromatic nitrogens is 1. The molecule has 0 aliphatic carbocycles. The Morgan fingerprint density at radius 3 is 2.76 bits per heavy atom. The van der Waals surface area contributed by atoms with E-state index in [1.54, 1.807) is 30.5 Å². The zero-order chi connectivity index (χ0) is 12.3. The summed E-state index contributed by atoms with van der Waals surface area (Å²) in [5, 5.41) is 9.47. The molecule has 84 valence electrons. The van der Waals surface area contributed by atoms with Crippen molar-refractivity contribution in [1.29, 1.82) is 5.26 Å². The SMILES string of the molecule is Cc1ccc(Oc2cc(Cl)ccc2C#N)cn1. The summed E-state index contributed by atoms with van der Waals surface area (Å²) in [6.45, 7) is 1.89. The molecule has 3 nitrogen and oxygen atoms in total. The fraction of sp³-hybridized carbons (Fsp3) is 0.0769. The van der Waals surface area contributed by atoms with Crippen molar-refractivity contribution in [3.05, 3.63) is 52.8 Å². The Morgan fingerprint density at radius 2 is 2.12 bits per heavy atom. The summed E-state index contributed by atoms with van der Waals surface area (Å²) in [7, 11) is 0. The van der Waals surface area contributed by atoms with Crippen LogP contribution >= 0.6 is 11.6 Å². The number of nitriles is 1. The molecule has 1 heterocycles. The van der Waals surface area contributed by atoms with Gasteiger partial charge in [-0.1, -0.05) is 11.6 Å². The van der Waals surface area contributed by atoms with Crippen molar-refractivity contribution in [3.8, 4) is 17.6 Å². The van der Waals surface area contributed by atoms with E-state index in [0.717, 1.165) is 5.69 Å². The first-order valence-corrected chi connectivity index (χ1v) is 5.37. The molecule has 0 bridgehead atoms. The van der Waals surface area contributed by atoms with Crippen molar-refractivity contribution < 1.29 is 4.74 Å². The fourth-order valence-electron chi connectivity index (χ4n) is 1.31. The predicted octanol–water partition coefficient (Wildman–Crippen LogP) is 3.71. The molecular formula is C13H9ClN2O. The van der Waals surface area contributed by atoms with Gasteiger partial charge in [0.1, 0.15) is 17.6 Å².